The third-order valence-corrected chi connectivity index (χ3v) is 7.41. The van der Waals surface area contributed by atoms with Crippen molar-refractivity contribution in [2.24, 2.45) is 0 Å². The molecule has 3 heterocycles. The first kappa shape index (κ1) is 22.3. The van der Waals surface area contributed by atoms with Crippen molar-refractivity contribution in [3.8, 4) is 16.9 Å². The van der Waals surface area contributed by atoms with Crippen molar-refractivity contribution < 1.29 is 17.9 Å². The summed E-state index contributed by atoms with van der Waals surface area (Å²) in [6, 6.07) is 8.80. The van der Waals surface area contributed by atoms with E-state index < -0.39 is 11.7 Å². The molecule has 0 radical (unpaired) electrons. The highest BCUT2D eigenvalue weighted by atomic mass is 19.4. The Morgan fingerprint density at radius 2 is 1.97 bits per heavy atom. The van der Waals surface area contributed by atoms with Crippen molar-refractivity contribution >= 4 is 5.69 Å². The van der Waals surface area contributed by atoms with E-state index in [1.165, 1.54) is 29.5 Å². The largest absolute Gasteiger partial charge is 0.497 e. The number of alkyl halides is 3. The van der Waals surface area contributed by atoms with E-state index in [0.717, 1.165) is 51.5 Å². The van der Waals surface area contributed by atoms with Gasteiger partial charge in [0.2, 0.25) is 0 Å². The number of rotatable bonds is 4. The molecule has 1 fully saturated rings. The summed E-state index contributed by atoms with van der Waals surface area (Å²) in [6.07, 6.45) is 0.892. The Morgan fingerprint density at radius 1 is 1.15 bits per heavy atom. The Balaban J connectivity index is 1.59. The maximum absolute atomic E-state index is 14.0. The summed E-state index contributed by atoms with van der Waals surface area (Å²) >= 11 is 0. The zero-order valence-electron chi connectivity index (χ0n) is 19.5. The summed E-state index contributed by atoms with van der Waals surface area (Å²) < 4.78 is 47.0. The van der Waals surface area contributed by atoms with E-state index in [1.807, 2.05) is 12.1 Å². The second-order valence-corrected chi connectivity index (χ2v) is 9.78. The zero-order valence-corrected chi connectivity index (χ0v) is 19.5. The van der Waals surface area contributed by atoms with Crippen molar-refractivity contribution in [2.75, 3.05) is 38.2 Å². The van der Waals surface area contributed by atoms with E-state index in [-0.39, 0.29) is 11.3 Å². The molecule has 6 heteroatoms. The standard InChI is InChI=1S/C27H31F3N2O/c1-17(2)8-11-31-12-9-25-23(16-31)22-14-19(13-18-5-4-10-32(25)26(18)22)21-7-6-20(33-3)15-24(21)27(28,29)30/h6-8,13-15,23,25H,4-5,9-12,16H2,1-3H3/t23-,25-/m0/s1. The van der Waals surface area contributed by atoms with Gasteiger partial charge in [-0.1, -0.05) is 17.7 Å². The van der Waals surface area contributed by atoms with Crippen molar-refractivity contribution in [3.05, 3.63) is 58.7 Å². The van der Waals surface area contributed by atoms with E-state index in [9.17, 15) is 13.2 Å². The number of hydrogen-bond acceptors (Lipinski definition) is 3. The highest BCUT2D eigenvalue weighted by molar-refractivity contribution is 5.78. The van der Waals surface area contributed by atoms with E-state index in [0.29, 0.717) is 17.5 Å². The Hall–Kier alpha value is -2.47. The zero-order chi connectivity index (χ0) is 23.3. The minimum atomic E-state index is -4.44. The van der Waals surface area contributed by atoms with Gasteiger partial charge in [0.15, 0.2) is 0 Å². The third-order valence-electron chi connectivity index (χ3n) is 7.41. The molecule has 0 amide bonds. The lowest BCUT2D eigenvalue weighted by atomic mass is 9.86. The van der Waals surface area contributed by atoms with Crippen molar-refractivity contribution in [3.63, 3.8) is 0 Å². The van der Waals surface area contributed by atoms with Crippen LogP contribution in [0.25, 0.3) is 11.1 Å². The lowest BCUT2D eigenvalue weighted by Gasteiger charge is -2.39. The predicted molar refractivity (Wildman–Crippen MR) is 126 cm³/mol. The number of ether oxygens (including phenoxy) is 1. The van der Waals surface area contributed by atoms with Crippen LogP contribution in [0.2, 0.25) is 0 Å². The molecule has 33 heavy (non-hydrogen) atoms. The van der Waals surface area contributed by atoms with Crippen LogP contribution in [0.1, 0.15) is 49.3 Å². The molecule has 0 aromatic heterocycles. The summed E-state index contributed by atoms with van der Waals surface area (Å²) in [5.41, 5.74) is 5.31. The summed E-state index contributed by atoms with van der Waals surface area (Å²) in [5, 5.41) is 0. The number of methoxy groups -OCH3 is 1. The number of aryl methyl sites for hydroxylation is 1. The average Bonchev–Trinajstić information content (AvgIpc) is 3.11. The van der Waals surface area contributed by atoms with Crippen LogP contribution in [0, 0.1) is 0 Å². The summed E-state index contributed by atoms with van der Waals surface area (Å²) in [7, 11) is 1.40. The van der Waals surface area contributed by atoms with E-state index in [4.69, 9.17) is 4.74 Å². The highest BCUT2D eigenvalue weighted by Gasteiger charge is 2.44. The molecule has 0 saturated carbocycles. The molecular weight excluding hydrogens is 425 g/mol. The van der Waals surface area contributed by atoms with Crippen molar-refractivity contribution in [2.45, 2.75) is 51.2 Å². The summed E-state index contributed by atoms with van der Waals surface area (Å²) in [5.74, 6) is 0.561. The molecule has 2 aromatic carbocycles. The lowest BCUT2D eigenvalue weighted by Crippen LogP contribution is -2.47. The second-order valence-electron chi connectivity index (χ2n) is 9.78. The molecule has 5 rings (SSSR count). The number of halogens is 3. The molecule has 3 nitrogen and oxygen atoms in total. The summed E-state index contributed by atoms with van der Waals surface area (Å²) in [4.78, 5) is 5.04. The number of piperidine rings is 1. The van der Waals surface area contributed by atoms with Crippen LogP contribution in [0.3, 0.4) is 0 Å². The monoisotopic (exact) mass is 456 g/mol. The Kier molecular flexibility index (Phi) is 5.68. The normalized spacial score (nSPS) is 22.1. The van der Waals surface area contributed by atoms with Gasteiger partial charge in [0.1, 0.15) is 5.75 Å². The SMILES string of the molecule is COc1ccc(-c2cc3c4c(c2)[C@@H]2CN(CC=C(C)C)CC[C@@H]2N4CCC3)c(C(F)(F)F)c1. The molecule has 3 aliphatic heterocycles. The quantitative estimate of drug-likeness (QED) is 0.504. The fourth-order valence-corrected chi connectivity index (χ4v) is 5.88. The van der Waals surface area contributed by atoms with Gasteiger partial charge < -0.3 is 9.64 Å². The molecule has 176 valence electrons. The van der Waals surface area contributed by atoms with Crippen LogP contribution in [0.4, 0.5) is 18.9 Å². The molecule has 0 aliphatic carbocycles. The fraction of sp³-hybridized carbons (Fsp3) is 0.481. The minimum Gasteiger partial charge on any atom is -0.497 e. The van der Waals surface area contributed by atoms with Gasteiger partial charge in [-0.25, -0.2) is 0 Å². The van der Waals surface area contributed by atoms with Crippen LogP contribution in [0.15, 0.2) is 42.0 Å². The van der Waals surface area contributed by atoms with Crippen LogP contribution in [-0.2, 0) is 12.6 Å². The van der Waals surface area contributed by atoms with Crippen LogP contribution < -0.4 is 9.64 Å². The topological polar surface area (TPSA) is 15.7 Å². The van der Waals surface area contributed by atoms with Gasteiger partial charge in [0, 0.05) is 43.8 Å². The molecular formula is C27H31F3N2O. The van der Waals surface area contributed by atoms with Crippen LogP contribution >= 0.6 is 0 Å². The van der Waals surface area contributed by atoms with E-state index in [2.05, 4.69) is 29.7 Å². The molecule has 2 atom stereocenters. The number of hydrogen-bond donors (Lipinski definition) is 0. The number of fused-ring (bicyclic) bond motifs is 3. The Labute approximate surface area is 193 Å². The molecule has 0 N–H and O–H groups in total. The van der Waals surface area contributed by atoms with Gasteiger partial charge in [0.05, 0.1) is 12.7 Å². The predicted octanol–water partition coefficient (Wildman–Crippen LogP) is 6.27. The minimum absolute atomic E-state index is 0.224. The molecule has 0 unspecified atom stereocenters. The molecule has 3 aliphatic rings. The molecule has 0 bridgehead atoms. The van der Waals surface area contributed by atoms with Crippen LogP contribution in [-0.4, -0.2) is 44.2 Å². The average molecular weight is 457 g/mol. The maximum atomic E-state index is 14.0. The summed E-state index contributed by atoms with van der Waals surface area (Å²) in [6.45, 7) is 8.24. The molecule has 2 aromatic rings. The Bertz CT molecular complexity index is 1090. The number of benzene rings is 2. The van der Waals surface area contributed by atoms with Crippen molar-refractivity contribution in [1.82, 2.24) is 4.90 Å². The fourth-order valence-electron chi connectivity index (χ4n) is 5.88. The van der Waals surface area contributed by atoms with Crippen molar-refractivity contribution in [1.29, 1.82) is 0 Å². The van der Waals surface area contributed by atoms with Gasteiger partial charge in [-0.05, 0) is 79.6 Å². The van der Waals surface area contributed by atoms with E-state index in [1.54, 1.807) is 12.1 Å². The van der Waals surface area contributed by atoms with Gasteiger partial charge in [-0.15, -0.1) is 0 Å². The Morgan fingerprint density at radius 3 is 2.70 bits per heavy atom. The smallest absolute Gasteiger partial charge is 0.417 e. The lowest BCUT2D eigenvalue weighted by molar-refractivity contribution is -0.137. The van der Waals surface area contributed by atoms with E-state index >= 15 is 0 Å². The second kappa shape index (κ2) is 8.39. The van der Waals surface area contributed by atoms with Gasteiger partial charge in [-0.2, -0.15) is 13.2 Å². The first-order chi connectivity index (χ1) is 15.8. The first-order valence-corrected chi connectivity index (χ1v) is 11.8. The van der Waals surface area contributed by atoms with Gasteiger partial charge in [-0.3, -0.25) is 4.90 Å². The molecule has 1 saturated heterocycles. The number of likely N-dealkylation sites (tertiary alicyclic amines) is 1. The number of anilines is 1. The van der Waals surface area contributed by atoms with Gasteiger partial charge in [0.25, 0.3) is 0 Å². The third kappa shape index (κ3) is 4.03. The number of allylic oxidation sites excluding steroid dienone is 1. The van der Waals surface area contributed by atoms with Gasteiger partial charge >= 0.3 is 6.18 Å². The number of nitrogens with zero attached hydrogens (tertiary/aromatic N) is 2. The van der Waals surface area contributed by atoms with Crippen LogP contribution in [0.5, 0.6) is 5.75 Å². The first-order valence-electron chi connectivity index (χ1n) is 11.8. The maximum Gasteiger partial charge on any atom is 0.417 e. The molecule has 0 spiro atoms. The highest BCUT2D eigenvalue weighted by Crippen LogP contribution is 2.51.